The second-order valence-corrected chi connectivity index (χ2v) is 5.75. The monoisotopic (exact) mass is 365 g/mol. The topological polar surface area (TPSA) is 76.4 Å². The number of hydrogen-bond donors (Lipinski definition) is 2. The Morgan fingerprint density at radius 1 is 1.25 bits per heavy atom. The van der Waals surface area contributed by atoms with Gasteiger partial charge in [-0.25, -0.2) is 0 Å². The van der Waals surface area contributed by atoms with Crippen LogP contribution in [0.5, 0.6) is 11.5 Å². The third-order valence-electron chi connectivity index (χ3n) is 2.94. The predicted molar refractivity (Wildman–Crippen MR) is 99.1 cm³/mol. The number of nitrogens with zero attached hydrogens (tertiary/aromatic N) is 1. The van der Waals surface area contributed by atoms with Crippen molar-refractivity contribution in [2.45, 2.75) is 13.3 Å². The molecule has 0 saturated carbocycles. The van der Waals surface area contributed by atoms with E-state index in [9.17, 15) is 10.1 Å². The van der Waals surface area contributed by atoms with Crippen molar-refractivity contribution in [1.82, 2.24) is 5.32 Å². The lowest BCUT2D eigenvalue weighted by Gasteiger charge is -2.12. The Kier molecular flexibility index (Phi) is 6.34. The molecule has 0 aromatic heterocycles. The molecule has 0 unspecified atom stereocenters. The van der Waals surface area contributed by atoms with Crippen LogP contribution in [0, 0.1) is 10.1 Å². The quantitative estimate of drug-likeness (QED) is 0.437. The molecule has 24 heavy (non-hydrogen) atoms. The number of nitrogens with one attached hydrogen (secondary N) is 2. The molecule has 2 rings (SSSR count). The van der Waals surface area contributed by atoms with Crippen LogP contribution in [-0.4, -0.2) is 16.6 Å². The number of nitro groups is 1. The van der Waals surface area contributed by atoms with Crippen LogP contribution in [0.25, 0.3) is 0 Å². The van der Waals surface area contributed by atoms with Crippen LogP contribution in [0.15, 0.2) is 42.5 Å². The molecule has 2 aromatic carbocycles. The average Bonchev–Trinajstić information content (AvgIpc) is 2.55. The molecule has 0 aliphatic rings. The summed E-state index contributed by atoms with van der Waals surface area (Å²) in [4.78, 5) is 10.6. The molecule has 0 aliphatic carbocycles. The highest BCUT2D eigenvalue weighted by atomic mass is 35.5. The number of benzene rings is 2. The summed E-state index contributed by atoms with van der Waals surface area (Å²) in [6.45, 7) is 2.73. The van der Waals surface area contributed by atoms with Crippen LogP contribution in [0.1, 0.15) is 13.3 Å². The van der Waals surface area contributed by atoms with Crippen LogP contribution in [0.2, 0.25) is 5.02 Å². The minimum absolute atomic E-state index is 0.0951. The zero-order valence-corrected chi connectivity index (χ0v) is 14.5. The Hall–Kier alpha value is -2.38. The van der Waals surface area contributed by atoms with E-state index >= 15 is 0 Å². The van der Waals surface area contributed by atoms with Gasteiger partial charge >= 0.3 is 0 Å². The number of hydrogen-bond acceptors (Lipinski definition) is 4. The molecule has 8 heteroatoms. The van der Waals surface area contributed by atoms with E-state index in [2.05, 4.69) is 10.6 Å². The molecule has 0 amide bonds. The van der Waals surface area contributed by atoms with Crippen LogP contribution in [0.4, 0.5) is 11.4 Å². The van der Waals surface area contributed by atoms with Gasteiger partial charge in [-0.05, 0) is 42.9 Å². The first-order chi connectivity index (χ1) is 11.5. The third-order valence-corrected chi connectivity index (χ3v) is 3.44. The van der Waals surface area contributed by atoms with Gasteiger partial charge in [0, 0.05) is 23.7 Å². The molecule has 0 fully saturated rings. The number of nitro benzene ring substituents is 1. The molecule has 0 atom stereocenters. The highest BCUT2D eigenvalue weighted by molar-refractivity contribution is 7.80. The fourth-order valence-corrected chi connectivity index (χ4v) is 2.22. The van der Waals surface area contributed by atoms with Gasteiger partial charge in [0.1, 0.15) is 11.5 Å². The summed E-state index contributed by atoms with van der Waals surface area (Å²) in [5, 5.41) is 18.0. The zero-order chi connectivity index (χ0) is 17.5. The lowest BCUT2D eigenvalue weighted by Crippen LogP contribution is -2.28. The van der Waals surface area contributed by atoms with E-state index in [-0.39, 0.29) is 5.69 Å². The van der Waals surface area contributed by atoms with Crippen LogP contribution >= 0.6 is 23.8 Å². The Balaban J connectivity index is 2.22. The van der Waals surface area contributed by atoms with Crippen molar-refractivity contribution >= 4 is 40.3 Å². The van der Waals surface area contributed by atoms with E-state index in [4.69, 9.17) is 28.6 Å². The van der Waals surface area contributed by atoms with E-state index < -0.39 is 4.92 Å². The SMILES string of the molecule is CCCNC(=S)Nc1cc(Oc2ccc(Cl)cc2)cc([N+](=O)[O-])c1. The first-order valence-electron chi connectivity index (χ1n) is 7.25. The van der Waals surface area contributed by atoms with Gasteiger partial charge in [-0.3, -0.25) is 10.1 Å². The highest BCUT2D eigenvalue weighted by Gasteiger charge is 2.12. The fraction of sp³-hybridized carbons (Fsp3) is 0.188. The van der Waals surface area contributed by atoms with Crippen molar-refractivity contribution in [1.29, 1.82) is 0 Å². The number of anilines is 1. The van der Waals surface area contributed by atoms with E-state index in [0.717, 1.165) is 13.0 Å². The number of rotatable bonds is 6. The molecular formula is C16H16ClN3O3S. The van der Waals surface area contributed by atoms with Crippen molar-refractivity contribution < 1.29 is 9.66 Å². The molecule has 6 nitrogen and oxygen atoms in total. The predicted octanol–water partition coefficient (Wildman–Crippen LogP) is 4.74. The van der Waals surface area contributed by atoms with Crippen molar-refractivity contribution in [3.8, 4) is 11.5 Å². The lowest BCUT2D eigenvalue weighted by atomic mass is 10.2. The summed E-state index contributed by atoms with van der Waals surface area (Å²) in [6, 6.07) is 11.1. The molecule has 0 heterocycles. The average molecular weight is 366 g/mol. The summed E-state index contributed by atoms with van der Waals surface area (Å²) in [7, 11) is 0. The van der Waals surface area contributed by atoms with Crippen molar-refractivity contribution in [2.75, 3.05) is 11.9 Å². The molecule has 0 saturated heterocycles. The van der Waals surface area contributed by atoms with Gasteiger partial charge in [0.15, 0.2) is 5.11 Å². The molecular weight excluding hydrogens is 350 g/mol. The van der Waals surface area contributed by atoms with Gasteiger partial charge in [-0.1, -0.05) is 18.5 Å². The Morgan fingerprint density at radius 2 is 1.96 bits per heavy atom. The van der Waals surface area contributed by atoms with Crippen molar-refractivity contribution in [3.63, 3.8) is 0 Å². The normalized spacial score (nSPS) is 10.1. The number of non-ortho nitro benzene ring substituents is 1. The van der Waals surface area contributed by atoms with Gasteiger partial charge in [0.25, 0.3) is 5.69 Å². The van der Waals surface area contributed by atoms with E-state index in [1.165, 1.54) is 12.1 Å². The maximum absolute atomic E-state index is 11.1. The maximum Gasteiger partial charge on any atom is 0.275 e. The van der Waals surface area contributed by atoms with Gasteiger partial charge in [-0.15, -0.1) is 0 Å². The number of ether oxygens (including phenoxy) is 1. The molecule has 126 valence electrons. The summed E-state index contributed by atoms with van der Waals surface area (Å²) in [5.74, 6) is 0.852. The van der Waals surface area contributed by atoms with Gasteiger partial charge in [0.05, 0.1) is 16.7 Å². The minimum atomic E-state index is -0.484. The summed E-state index contributed by atoms with van der Waals surface area (Å²) in [5.41, 5.74) is 0.379. The lowest BCUT2D eigenvalue weighted by molar-refractivity contribution is -0.384. The molecule has 0 radical (unpaired) electrons. The Bertz CT molecular complexity index is 738. The number of halogens is 1. The Morgan fingerprint density at radius 3 is 2.58 bits per heavy atom. The first kappa shape index (κ1) is 18.0. The standard InChI is InChI=1S/C16H16ClN3O3S/c1-2-7-18-16(24)19-12-8-13(20(21)22)10-15(9-12)23-14-5-3-11(17)4-6-14/h3-6,8-10H,2,7H2,1H3,(H2,18,19,24). The molecule has 2 aromatic rings. The first-order valence-corrected chi connectivity index (χ1v) is 8.04. The van der Waals surface area contributed by atoms with Gasteiger partial charge in [0.2, 0.25) is 0 Å². The number of thiocarbonyl (C=S) groups is 1. The molecule has 0 spiro atoms. The minimum Gasteiger partial charge on any atom is -0.457 e. The van der Waals surface area contributed by atoms with E-state index in [1.54, 1.807) is 30.3 Å². The fourth-order valence-electron chi connectivity index (χ4n) is 1.87. The van der Waals surface area contributed by atoms with Gasteiger partial charge in [-0.2, -0.15) is 0 Å². The van der Waals surface area contributed by atoms with E-state index in [0.29, 0.717) is 27.3 Å². The van der Waals surface area contributed by atoms with Crippen molar-refractivity contribution in [3.05, 3.63) is 57.6 Å². The van der Waals surface area contributed by atoms with Gasteiger partial charge < -0.3 is 15.4 Å². The largest absolute Gasteiger partial charge is 0.457 e. The van der Waals surface area contributed by atoms with Crippen molar-refractivity contribution in [2.24, 2.45) is 0 Å². The molecule has 0 aliphatic heterocycles. The Labute approximate surface area is 149 Å². The van der Waals surface area contributed by atoms with E-state index in [1.807, 2.05) is 6.92 Å². The summed E-state index contributed by atoms with van der Waals surface area (Å²) < 4.78 is 5.66. The van der Waals surface area contributed by atoms with Crippen LogP contribution in [0.3, 0.4) is 0 Å². The molecule has 2 N–H and O–H groups in total. The van der Waals surface area contributed by atoms with Crippen LogP contribution < -0.4 is 15.4 Å². The zero-order valence-electron chi connectivity index (χ0n) is 12.9. The second-order valence-electron chi connectivity index (χ2n) is 4.91. The smallest absolute Gasteiger partial charge is 0.275 e. The molecule has 0 bridgehead atoms. The maximum atomic E-state index is 11.1. The second kappa shape index (κ2) is 8.47. The third kappa shape index (κ3) is 5.36. The highest BCUT2D eigenvalue weighted by Crippen LogP contribution is 2.30. The summed E-state index contributed by atoms with van der Waals surface area (Å²) in [6.07, 6.45) is 0.918. The summed E-state index contributed by atoms with van der Waals surface area (Å²) >= 11 is 11.0. The van der Waals surface area contributed by atoms with Crippen LogP contribution in [-0.2, 0) is 0 Å².